The molecule has 164 valence electrons. The van der Waals surface area contributed by atoms with Crippen LogP contribution in [0.3, 0.4) is 0 Å². The minimum atomic E-state index is -4.47. The molecular formula is C18H21F3N4O4S. The number of fused-ring (bicyclic) bond motifs is 1. The average molecular weight is 446 g/mol. The van der Waals surface area contributed by atoms with Crippen molar-refractivity contribution >= 4 is 33.4 Å². The predicted octanol–water partition coefficient (Wildman–Crippen LogP) is 1.52. The van der Waals surface area contributed by atoms with Gasteiger partial charge in [-0.1, -0.05) is 0 Å². The maximum absolute atomic E-state index is 13.0. The van der Waals surface area contributed by atoms with Gasteiger partial charge >= 0.3 is 23.7 Å². The van der Waals surface area contributed by atoms with Crippen LogP contribution in [0.5, 0.6) is 0 Å². The van der Waals surface area contributed by atoms with E-state index in [1.165, 1.54) is 4.90 Å². The van der Waals surface area contributed by atoms with Crippen molar-refractivity contribution in [1.82, 2.24) is 19.4 Å². The number of carbonyl (C=O) groups is 2. The predicted molar refractivity (Wildman–Crippen MR) is 105 cm³/mol. The molecule has 0 saturated carbocycles. The maximum atomic E-state index is 13.0. The number of hydrogen-bond donors (Lipinski definition) is 1. The van der Waals surface area contributed by atoms with Gasteiger partial charge in [0.2, 0.25) is 0 Å². The van der Waals surface area contributed by atoms with Crippen molar-refractivity contribution in [1.29, 1.82) is 0 Å². The van der Waals surface area contributed by atoms with Crippen molar-refractivity contribution in [3.63, 3.8) is 0 Å². The Kier molecular flexibility index (Phi) is 5.81. The van der Waals surface area contributed by atoms with Crippen LogP contribution in [0.4, 0.5) is 13.2 Å². The molecule has 2 aromatic rings. The normalized spacial score (nSPS) is 15.4. The van der Waals surface area contributed by atoms with E-state index >= 15 is 0 Å². The SMILES string of the molecule is Cc1c(CN2CCNC(=O)C2=O)sc2c1c(=O)n(C(C)C)c(=O)n2CCC(F)(F)F. The lowest BCUT2D eigenvalue weighted by Crippen LogP contribution is -2.51. The fourth-order valence-corrected chi connectivity index (χ4v) is 4.73. The van der Waals surface area contributed by atoms with E-state index in [9.17, 15) is 32.3 Å². The molecule has 3 rings (SSSR count). The summed E-state index contributed by atoms with van der Waals surface area (Å²) >= 11 is 1.00. The molecule has 0 bridgehead atoms. The lowest BCUT2D eigenvalue weighted by molar-refractivity contribution is -0.148. The summed E-state index contributed by atoms with van der Waals surface area (Å²) in [6, 6.07) is -0.540. The van der Waals surface area contributed by atoms with Crippen LogP contribution in [-0.4, -0.2) is 45.1 Å². The number of aryl methyl sites for hydroxylation is 2. The van der Waals surface area contributed by atoms with Crippen molar-refractivity contribution in [3.05, 3.63) is 31.3 Å². The zero-order valence-corrected chi connectivity index (χ0v) is 17.4. The summed E-state index contributed by atoms with van der Waals surface area (Å²) in [5, 5.41) is 2.60. The van der Waals surface area contributed by atoms with E-state index in [0.717, 1.165) is 20.5 Å². The Morgan fingerprint density at radius 3 is 2.43 bits per heavy atom. The summed E-state index contributed by atoms with van der Waals surface area (Å²) in [6.07, 6.45) is -5.68. The highest BCUT2D eigenvalue weighted by atomic mass is 32.1. The van der Waals surface area contributed by atoms with Crippen LogP contribution in [0.25, 0.3) is 10.2 Å². The van der Waals surface area contributed by atoms with Gasteiger partial charge in [0.1, 0.15) is 4.83 Å². The number of nitrogens with zero attached hydrogens (tertiary/aromatic N) is 3. The first kappa shape index (κ1) is 22.1. The molecule has 1 saturated heterocycles. The van der Waals surface area contributed by atoms with E-state index < -0.39 is 48.2 Å². The molecule has 0 radical (unpaired) electrons. The quantitative estimate of drug-likeness (QED) is 0.705. The van der Waals surface area contributed by atoms with Gasteiger partial charge in [-0.25, -0.2) is 4.79 Å². The van der Waals surface area contributed by atoms with Gasteiger partial charge in [0.05, 0.1) is 18.4 Å². The van der Waals surface area contributed by atoms with Crippen LogP contribution < -0.4 is 16.6 Å². The van der Waals surface area contributed by atoms with E-state index in [1.807, 2.05) is 0 Å². The van der Waals surface area contributed by atoms with Crippen LogP contribution in [-0.2, 0) is 22.7 Å². The van der Waals surface area contributed by atoms with E-state index in [0.29, 0.717) is 10.4 Å². The molecule has 2 aromatic heterocycles. The van der Waals surface area contributed by atoms with Crippen LogP contribution in [0, 0.1) is 6.92 Å². The first-order valence-electron chi connectivity index (χ1n) is 9.33. The second kappa shape index (κ2) is 7.89. The van der Waals surface area contributed by atoms with Crippen LogP contribution in [0.15, 0.2) is 9.59 Å². The maximum Gasteiger partial charge on any atom is 0.390 e. The fraction of sp³-hybridized carbons (Fsp3) is 0.556. The number of hydrogen-bond acceptors (Lipinski definition) is 5. The Labute approximate surface area is 172 Å². The van der Waals surface area contributed by atoms with E-state index in [1.54, 1.807) is 20.8 Å². The molecule has 0 aliphatic carbocycles. The number of amides is 2. The van der Waals surface area contributed by atoms with Crippen molar-refractivity contribution < 1.29 is 22.8 Å². The number of piperazine rings is 1. The van der Waals surface area contributed by atoms with Gasteiger partial charge < -0.3 is 10.2 Å². The summed E-state index contributed by atoms with van der Waals surface area (Å²) in [4.78, 5) is 51.5. The van der Waals surface area contributed by atoms with Gasteiger partial charge in [0.15, 0.2) is 0 Å². The number of aromatic nitrogens is 2. The Morgan fingerprint density at radius 2 is 1.83 bits per heavy atom. The zero-order chi connectivity index (χ0) is 22.4. The molecular weight excluding hydrogens is 425 g/mol. The Hall–Kier alpha value is -2.63. The van der Waals surface area contributed by atoms with E-state index in [2.05, 4.69) is 5.32 Å². The summed E-state index contributed by atoms with van der Waals surface area (Å²) in [7, 11) is 0. The smallest absolute Gasteiger partial charge is 0.346 e. The van der Waals surface area contributed by atoms with Gasteiger partial charge in [-0.2, -0.15) is 13.2 Å². The van der Waals surface area contributed by atoms with Gasteiger partial charge in [0.25, 0.3) is 5.56 Å². The van der Waals surface area contributed by atoms with Gasteiger partial charge in [0, 0.05) is 30.6 Å². The lowest BCUT2D eigenvalue weighted by atomic mass is 10.2. The molecule has 1 aliphatic heterocycles. The van der Waals surface area contributed by atoms with Gasteiger partial charge in [-0.05, 0) is 26.3 Å². The molecule has 8 nitrogen and oxygen atoms in total. The topological polar surface area (TPSA) is 93.4 Å². The second-order valence-corrected chi connectivity index (χ2v) is 8.46. The number of halogens is 3. The standard InChI is InChI=1S/C18H21F3N4O4S/c1-9(2)25-14(27)12-10(3)11(8-23-7-5-22-13(26)15(23)28)30-16(12)24(17(25)29)6-4-18(19,20)21/h9H,4-8H2,1-3H3,(H,22,26). The molecule has 3 heterocycles. The molecule has 1 aliphatic rings. The highest BCUT2D eigenvalue weighted by molar-refractivity contribution is 7.18. The summed E-state index contributed by atoms with van der Waals surface area (Å²) < 4.78 is 40.4. The number of alkyl halides is 3. The van der Waals surface area contributed by atoms with Crippen molar-refractivity contribution in [2.24, 2.45) is 0 Å². The molecule has 30 heavy (non-hydrogen) atoms. The summed E-state index contributed by atoms with van der Waals surface area (Å²) in [5.74, 6) is -1.45. The van der Waals surface area contributed by atoms with Gasteiger partial charge in [-0.3, -0.25) is 23.5 Å². The van der Waals surface area contributed by atoms with Crippen LogP contribution in [0.1, 0.15) is 36.8 Å². The zero-order valence-electron chi connectivity index (χ0n) is 16.6. The minimum Gasteiger partial charge on any atom is -0.346 e. The largest absolute Gasteiger partial charge is 0.390 e. The van der Waals surface area contributed by atoms with Crippen molar-refractivity contribution in [2.75, 3.05) is 13.1 Å². The molecule has 2 amide bonds. The molecule has 12 heteroatoms. The Bertz CT molecular complexity index is 1130. The highest BCUT2D eigenvalue weighted by Gasteiger charge is 2.30. The molecule has 0 spiro atoms. The summed E-state index contributed by atoms with van der Waals surface area (Å²) in [6.45, 7) is 4.82. The first-order valence-corrected chi connectivity index (χ1v) is 10.1. The Balaban J connectivity index is 2.16. The monoisotopic (exact) mass is 446 g/mol. The van der Waals surface area contributed by atoms with E-state index in [4.69, 9.17) is 0 Å². The number of thiophene rings is 1. The van der Waals surface area contributed by atoms with Gasteiger partial charge in [-0.15, -0.1) is 11.3 Å². The Morgan fingerprint density at radius 1 is 1.17 bits per heavy atom. The van der Waals surface area contributed by atoms with Crippen LogP contribution in [0.2, 0.25) is 0 Å². The van der Waals surface area contributed by atoms with E-state index in [-0.39, 0.29) is 29.9 Å². The number of nitrogens with one attached hydrogen (secondary N) is 1. The molecule has 0 aromatic carbocycles. The third kappa shape index (κ3) is 4.00. The average Bonchev–Trinajstić information content (AvgIpc) is 2.94. The third-order valence-electron chi connectivity index (χ3n) is 4.96. The molecule has 0 atom stereocenters. The second-order valence-electron chi connectivity index (χ2n) is 7.38. The van der Waals surface area contributed by atoms with Crippen LogP contribution >= 0.6 is 11.3 Å². The molecule has 0 unspecified atom stereocenters. The lowest BCUT2D eigenvalue weighted by Gasteiger charge is -2.26. The molecule has 1 fully saturated rings. The van der Waals surface area contributed by atoms with Crippen molar-refractivity contribution in [2.45, 2.75) is 52.5 Å². The fourth-order valence-electron chi connectivity index (χ4n) is 3.40. The molecule has 1 N–H and O–H groups in total. The number of carbonyl (C=O) groups excluding carboxylic acids is 2. The van der Waals surface area contributed by atoms with Crippen molar-refractivity contribution in [3.8, 4) is 0 Å². The highest BCUT2D eigenvalue weighted by Crippen LogP contribution is 2.30. The summed E-state index contributed by atoms with van der Waals surface area (Å²) in [5.41, 5.74) is -0.877. The number of rotatable bonds is 5. The first-order chi connectivity index (χ1) is 13.9. The minimum absolute atomic E-state index is 0.0337. The third-order valence-corrected chi connectivity index (χ3v) is 6.26.